The topological polar surface area (TPSA) is 72.4 Å². The van der Waals surface area contributed by atoms with Gasteiger partial charge in [-0.25, -0.2) is 9.97 Å². The summed E-state index contributed by atoms with van der Waals surface area (Å²) >= 11 is 3.05. The lowest BCUT2D eigenvalue weighted by atomic mass is 9.97. The van der Waals surface area contributed by atoms with Crippen molar-refractivity contribution >= 4 is 50.5 Å². The zero-order valence-corrected chi connectivity index (χ0v) is 17.4. The van der Waals surface area contributed by atoms with E-state index in [9.17, 15) is 9.59 Å². The third-order valence-corrected chi connectivity index (χ3v) is 7.24. The fraction of sp³-hybridized carbons (Fsp3) is 0.400. The van der Waals surface area contributed by atoms with Crippen LogP contribution in [0.3, 0.4) is 0 Å². The first-order valence-electron chi connectivity index (χ1n) is 9.23. The molecule has 6 nitrogen and oxygen atoms in total. The summed E-state index contributed by atoms with van der Waals surface area (Å²) in [6.45, 7) is 5.50. The van der Waals surface area contributed by atoms with Crippen LogP contribution < -0.4 is 4.90 Å². The Morgan fingerprint density at radius 1 is 1.25 bits per heavy atom. The van der Waals surface area contributed by atoms with Crippen LogP contribution in [0.1, 0.15) is 33.0 Å². The zero-order valence-electron chi connectivity index (χ0n) is 15.8. The molecule has 0 saturated carbocycles. The molecule has 28 heavy (non-hydrogen) atoms. The van der Waals surface area contributed by atoms with Crippen molar-refractivity contribution in [1.29, 1.82) is 0 Å². The third-order valence-electron chi connectivity index (χ3n) is 5.21. The molecule has 0 bridgehead atoms. The second-order valence-electron chi connectivity index (χ2n) is 6.93. The van der Waals surface area contributed by atoms with Crippen molar-refractivity contribution in [3.05, 3.63) is 39.2 Å². The number of piperidine rings is 1. The number of aromatic nitrogens is 2. The Morgan fingerprint density at radius 2 is 2.04 bits per heavy atom. The van der Waals surface area contributed by atoms with E-state index in [0.29, 0.717) is 17.7 Å². The van der Waals surface area contributed by atoms with E-state index < -0.39 is 0 Å². The molecule has 0 amide bonds. The highest BCUT2D eigenvalue weighted by molar-refractivity contribution is 7.18. The minimum atomic E-state index is -0.278. The van der Waals surface area contributed by atoms with E-state index in [2.05, 4.69) is 28.7 Å². The summed E-state index contributed by atoms with van der Waals surface area (Å²) < 4.78 is 5.28. The number of esters is 1. The van der Waals surface area contributed by atoms with Crippen LogP contribution in [0.2, 0.25) is 0 Å². The Labute approximate surface area is 171 Å². The van der Waals surface area contributed by atoms with Crippen molar-refractivity contribution in [1.82, 2.24) is 9.97 Å². The molecule has 0 N–H and O–H groups in total. The van der Waals surface area contributed by atoms with Gasteiger partial charge in [-0.05, 0) is 43.7 Å². The van der Waals surface area contributed by atoms with E-state index in [1.165, 1.54) is 21.8 Å². The highest BCUT2D eigenvalue weighted by Crippen LogP contribution is 2.35. The Balaban J connectivity index is 1.37. The Morgan fingerprint density at radius 3 is 2.75 bits per heavy atom. The van der Waals surface area contributed by atoms with Gasteiger partial charge in [0.2, 0.25) is 5.78 Å². The number of fused-ring (bicyclic) bond motifs is 1. The number of aryl methyl sites for hydroxylation is 2. The van der Waals surface area contributed by atoms with Gasteiger partial charge in [-0.2, -0.15) is 0 Å². The second-order valence-corrected chi connectivity index (χ2v) is 9.08. The molecule has 3 aromatic rings. The molecule has 4 heterocycles. The first-order chi connectivity index (χ1) is 13.5. The molecular weight excluding hydrogens is 394 g/mol. The summed E-state index contributed by atoms with van der Waals surface area (Å²) in [7, 11) is 0. The highest BCUT2D eigenvalue weighted by Gasteiger charge is 2.28. The highest BCUT2D eigenvalue weighted by atomic mass is 32.1. The van der Waals surface area contributed by atoms with Gasteiger partial charge in [0.05, 0.1) is 16.2 Å². The number of hydrogen-bond donors (Lipinski definition) is 0. The largest absolute Gasteiger partial charge is 0.457 e. The second kappa shape index (κ2) is 7.97. The van der Waals surface area contributed by atoms with Crippen LogP contribution in [-0.4, -0.2) is 41.4 Å². The maximum atomic E-state index is 12.4. The number of nitrogens with zero attached hydrogens (tertiary/aromatic N) is 3. The molecule has 0 aromatic carbocycles. The molecule has 0 aliphatic carbocycles. The molecule has 1 aliphatic heterocycles. The molecule has 0 spiro atoms. The molecule has 8 heteroatoms. The summed E-state index contributed by atoms with van der Waals surface area (Å²) in [6, 6.07) is 3.56. The first kappa shape index (κ1) is 19.0. The van der Waals surface area contributed by atoms with Gasteiger partial charge in [0, 0.05) is 18.0 Å². The molecule has 1 saturated heterocycles. The Hall–Kier alpha value is -2.32. The third kappa shape index (κ3) is 3.66. The predicted molar refractivity (Wildman–Crippen MR) is 111 cm³/mol. The van der Waals surface area contributed by atoms with E-state index in [0.717, 1.165) is 29.1 Å². The minimum absolute atomic E-state index is 0.146. The number of thiophene rings is 2. The number of carbonyl (C=O) groups excluding carboxylic acids is 2. The van der Waals surface area contributed by atoms with Crippen LogP contribution in [-0.2, 0) is 9.53 Å². The van der Waals surface area contributed by atoms with Crippen molar-refractivity contribution in [2.24, 2.45) is 5.92 Å². The van der Waals surface area contributed by atoms with Gasteiger partial charge < -0.3 is 9.64 Å². The van der Waals surface area contributed by atoms with Crippen LogP contribution >= 0.6 is 22.7 Å². The van der Waals surface area contributed by atoms with Crippen molar-refractivity contribution in [2.45, 2.75) is 26.7 Å². The van der Waals surface area contributed by atoms with Crippen LogP contribution in [0.25, 0.3) is 10.2 Å². The van der Waals surface area contributed by atoms with Gasteiger partial charge in [-0.15, -0.1) is 22.7 Å². The van der Waals surface area contributed by atoms with Gasteiger partial charge in [0.25, 0.3) is 0 Å². The summed E-state index contributed by atoms with van der Waals surface area (Å²) in [6.07, 6.45) is 3.00. The number of carbonyl (C=O) groups is 2. The van der Waals surface area contributed by atoms with E-state index >= 15 is 0 Å². The molecule has 0 unspecified atom stereocenters. The lowest BCUT2D eigenvalue weighted by Crippen LogP contribution is -2.37. The molecule has 146 valence electrons. The lowest BCUT2D eigenvalue weighted by molar-refractivity contribution is -0.148. The number of hydrogen-bond acceptors (Lipinski definition) is 8. The van der Waals surface area contributed by atoms with Crippen molar-refractivity contribution < 1.29 is 14.3 Å². The number of ether oxygens (including phenoxy) is 1. The SMILES string of the molecule is Cc1sc2ncnc(N3CCC(C(=O)OCC(=O)c4cccs4)CC3)c2c1C. The van der Waals surface area contributed by atoms with Gasteiger partial charge >= 0.3 is 5.97 Å². The van der Waals surface area contributed by atoms with Gasteiger partial charge in [0.15, 0.2) is 6.61 Å². The number of rotatable bonds is 5. The Kier molecular flexibility index (Phi) is 5.41. The van der Waals surface area contributed by atoms with Crippen molar-refractivity contribution in [2.75, 3.05) is 24.6 Å². The van der Waals surface area contributed by atoms with Crippen LogP contribution in [0.5, 0.6) is 0 Å². The van der Waals surface area contributed by atoms with E-state index in [4.69, 9.17) is 4.74 Å². The van der Waals surface area contributed by atoms with Crippen molar-refractivity contribution in [3.8, 4) is 0 Å². The number of ketones is 1. The van der Waals surface area contributed by atoms with E-state index in [-0.39, 0.29) is 24.3 Å². The first-order valence-corrected chi connectivity index (χ1v) is 10.9. The maximum absolute atomic E-state index is 12.4. The normalized spacial score (nSPS) is 15.1. The molecule has 3 aromatic heterocycles. The average Bonchev–Trinajstić information content (AvgIpc) is 3.35. The monoisotopic (exact) mass is 415 g/mol. The van der Waals surface area contributed by atoms with Crippen LogP contribution in [0.4, 0.5) is 5.82 Å². The average molecular weight is 416 g/mol. The van der Waals surface area contributed by atoms with E-state index in [1.807, 2.05) is 11.4 Å². The Bertz CT molecular complexity index is 1010. The zero-order chi connectivity index (χ0) is 19.7. The summed E-state index contributed by atoms with van der Waals surface area (Å²) in [5, 5.41) is 2.96. The number of anilines is 1. The van der Waals surface area contributed by atoms with Crippen molar-refractivity contribution in [3.63, 3.8) is 0 Å². The molecule has 1 aliphatic rings. The predicted octanol–water partition coefficient (Wildman–Crippen LogP) is 4.01. The summed E-state index contributed by atoms with van der Waals surface area (Å²) in [5.74, 6) is 0.356. The summed E-state index contributed by atoms with van der Waals surface area (Å²) in [5.41, 5.74) is 1.23. The lowest BCUT2D eigenvalue weighted by Gasteiger charge is -2.32. The molecule has 0 atom stereocenters. The quantitative estimate of drug-likeness (QED) is 0.463. The standard InChI is InChI=1S/C20H21N3O3S2/c1-12-13(2)28-19-17(12)18(21-11-22-19)23-7-5-14(6-8-23)20(25)26-10-15(24)16-4-3-9-27-16/h3-4,9,11,14H,5-8,10H2,1-2H3. The summed E-state index contributed by atoms with van der Waals surface area (Å²) in [4.78, 5) is 38.4. The molecular formula is C20H21N3O3S2. The maximum Gasteiger partial charge on any atom is 0.309 e. The fourth-order valence-corrected chi connectivity index (χ4v) is 5.14. The van der Waals surface area contributed by atoms with Crippen LogP contribution in [0.15, 0.2) is 23.8 Å². The molecule has 1 fully saturated rings. The van der Waals surface area contributed by atoms with Crippen LogP contribution in [0, 0.1) is 19.8 Å². The smallest absolute Gasteiger partial charge is 0.309 e. The van der Waals surface area contributed by atoms with Gasteiger partial charge in [0.1, 0.15) is 17.0 Å². The minimum Gasteiger partial charge on any atom is -0.457 e. The van der Waals surface area contributed by atoms with E-state index in [1.54, 1.807) is 23.7 Å². The van der Waals surface area contributed by atoms with Gasteiger partial charge in [-0.3, -0.25) is 9.59 Å². The number of Topliss-reactive ketones (excluding diaryl/α,β-unsaturated/α-hetero) is 1. The molecule has 4 rings (SSSR count). The fourth-order valence-electron chi connectivity index (χ4n) is 3.49. The molecule has 0 radical (unpaired) electrons. The van der Waals surface area contributed by atoms with Gasteiger partial charge in [-0.1, -0.05) is 6.07 Å².